The maximum Gasteiger partial charge on any atom is 0.193 e. The molecule has 0 amide bonds. The van der Waals surface area contributed by atoms with Gasteiger partial charge in [0.2, 0.25) is 0 Å². The second-order valence-corrected chi connectivity index (χ2v) is 7.71. The Morgan fingerprint density at radius 3 is 2.56 bits per heavy atom. The van der Waals surface area contributed by atoms with Crippen LogP contribution in [0.4, 0.5) is 0 Å². The minimum atomic E-state index is 0.128. The SMILES string of the molecule is CCNC(=NCC1(N(C)C)CCOCC1)N(C)CC1CCCN1CC. The van der Waals surface area contributed by atoms with E-state index >= 15 is 0 Å². The molecule has 25 heavy (non-hydrogen) atoms. The molecule has 2 saturated heterocycles. The fraction of sp³-hybridized carbons (Fsp3) is 0.947. The van der Waals surface area contributed by atoms with Crippen molar-refractivity contribution >= 4 is 5.96 Å². The molecular weight excluding hydrogens is 314 g/mol. The van der Waals surface area contributed by atoms with Gasteiger partial charge in [-0.3, -0.25) is 9.89 Å². The van der Waals surface area contributed by atoms with Crippen LogP contribution in [-0.2, 0) is 4.74 Å². The molecule has 146 valence electrons. The average Bonchev–Trinajstić information content (AvgIpc) is 3.06. The van der Waals surface area contributed by atoms with Crippen molar-refractivity contribution in [2.75, 3.05) is 67.1 Å². The molecule has 0 radical (unpaired) electrons. The zero-order valence-electron chi connectivity index (χ0n) is 17.1. The van der Waals surface area contributed by atoms with Crippen LogP contribution in [0, 0.1) is 0 Å². The fourth-order valence-corrected chi connectivity index (χ4v) is 4.11. The average molecular weight is 354 g/mol. The second kappa shape index (κ2) is 9.74. The number of guanidine groups is 1. The molecule has 2 fully saturated rings. The number of rotatable bonds is 7. The van der Waals surface area contributed by atoms with Crippen LogP contribution in [-0.4, -0.2) is 99.3 Å². The molecule has 6 heteroatoms. The summed E-state index contributed by atoms with van der Waals surface area (Å²) < 4.78 is 5.58. The van der Waals surface area contributed by atoms with Crippen molar-refractivity contribution in [1.82, 2.24) is 20.0 Å². The van der Waals surface area contributed by atoms with Crippen molar-refractivity contribution in [3.63, 3.8) is 0 Å². The second-order valence-electron chi connectivity index (χ2n) is 7.71. The smallest absolute Gasteiger partial charge is 0.193 e. The van der Waals surface area contributed by atoms with Crippen molar-refractivity contribution < 1.29 is 4.74 Å². The van der Waals surface area contributed by atoms with Crippen LogP contribution >= 0.6 is 0 Å². The van der Waals surface area contributed by atoms with Crippen LogP contribution in [0.2, 0.25) is 0 Å². The van der Waals surface area contributed by atoms with Gasteiger partial charge in [-0.15, -0.1) is 0 Å². The third-order valence-corrected chi connectivity index (χ3v) is 5.98. The molecule has 1 atom stereocenters. The number of likely N-dealkylation sites (tertiary alicyclic amines) is 1. The largest absolute Gasteiger partial charge is 0.381 e. The molecule has 0 aromatic rings. The van der Waals surface area contributed by atoms with E-state index in [1.165, 1.54) is 19.4 Å². The third-order valence-electron chi connectivity index (χ3n) is 5.98. The molecule has 0 spiro atoms. The predicted molar refractivity (Wildman–Crippen MR) is 105 cm³/mol. The number of hydrogen-bond acceptors (Lipinski definition) is 4. The summed E-state index contributed by atoms with van der Waals surface area (Å²) in [4.78, 5) is 12.3. The van der Waals surface area contributed by atoms with E-state index in [2.05, 4.69) is 55.0 Å². The monoisotopic (exact) mass is 353 g/mol. The highest BCUT2D eigenvalue weighted by Gasteiger charge is 2.35. The van der Waals surface area contributed by atoms with E-state index in [4.69, 9.17) is 9.73 Å². The summed E-state index contributed by atoms with van der Waals surface area (Å²) in [7, 11) is 6.53. The van der Waals surface area contributed by atoms with Gasteiger partial charge in [-0.1, -0.05) is 6.92 Å². The molecule has 2 heterocycles. The van der Waals surface area contributed by atoms with Gasteiger partial charge in [0.05, 0.1) is 6.54 Å². The van der Waals surface area contributed by atoms with Crippen LogP contribution in [0.25, 0.3) is 0 Å². The van der Waals surface area contributed by atoms with Gasteiger partial charge >= 0.3 is 0 Å². The third kappa shape index (κ3) is 5.31. The Labute approximate surface area is 154 Å². The van der Waals surface area contributed by atoms with E-state index in [9.17, 15) is 0 Å². The fourth-order valence-electron chi connectivity index (χ4n) is 4.11. The molecule has 1 unspecified atom stereocenters. The van der Waals surface area contributed by atoms with Crippen LogP contribution < -0.4 is 5.32 Å². The maximum atomic E-state index is 5.58. The highest BCUT2D eigenvalue weighted by Crippen LogP contribution is 2.26. The first kappa shape index (κ1) is 20.5. The number of hydrogen-bond donors (Lipinski definition) is 1. The van der Waals surface area contributed by atoms with E-state index in [0.29, 0.717) is 6.04 Å². The number of likely N-dealkylation sites (N-methyl/N-ethyl adjacent to an activating group) is 3. The lowest BCUT2D eigenvalue weighted by atomic mass is 9.89. The number of ether oxygens (including phenoxy) is 1. The summed E-state index contributed by atoms with van der Waals surface area (Å²) in [6.45, 7) is 11.3. The van der Waals surface area contributed by atoms with Crippen LogP contribution in [0.15, 0.2) is 4.99 Å². The summed E-state index contributed by atoms with van der Waals surface area (Å²) in [5.41, 5.74) is 0.128. The Kier molecular flexibility index (Phi) is 7.97. The van der Waals surface area contributed by atoms with Crippen LogP contribution in [0.1, 0.15) is 39.5 Å². The molecule has 0 aromatic heterocycles. The molecule has 1 N–H and O–H groups in total. The van der Waals surface area contributed by atoms with Crippen molar-refractivity contribution in [2.45, 2.75) is 51.1 Å². The van der Waals surface area contributed by atoms with Gasteiger partial charge in [-0.2, -0.15) is 0 Å². The number of nitrogens with zero attached hydrogens (tertiary/aromatic N) is 4. The highest BCUT2D eigenvalue weighted by molar-refractivity contribution is 5.79. The van der Waals surface area contributed by atoms with E-state index in [-0.39, 0.29) is 5.54 Å². The lowest BCUT2D eigenvalue weighted by Gasteiger charge is -2.42. The minimum absolute atomic E-state index is 0.128. The molecule has 2 aliphatic rings. The zero-order valence-corrected chi connectivity index (χ0v) is 17.1. The molecule has 2 aliphatic heterocycles. The van der Waals surface area contributed by atoms with Gasteiger partial charge in [-0.25, -0.2) is 0 Å². The minimum Gasteiger partial charge on any atom is -0.381 e. The normalized spacial score (nSPS) is 24.7. The van der Waals surface area contributed by atoms with Gasteiger partial charge in [-0.05, 0) is 59.8 Å². The standard InChI is InChI=1S/C19H39N5O/c1-6-20-18(23(5)15-17-9-8-12-24(17)7-2)21-16-19(22(3)4)10-13-25-14-11-19/h17H,6-16H2,1-5H3,(H,20,21). The van der Waals surface area contributed by atoms with E-state index in [1.807, 2.05) is 0 Å². The van der Waals surface area contributed by atoms with Crippen LogP contribution in [0.5, 0.6) is 0 Å². The molecule has 0 aliphatic carbocycles. The molecular formula is C19H39N5O. The Morgan fingerprint density at radius 1 is 1.24 bits per heavy atom. The quantitative estimate of drug-likeness (QED) is 0.555. The summed E-state index contributed by atoms with van der Waals surface area (Å²) >= 11 is 0. The lowest BCUT2D eigenvalue weighted by molar-refractivity contribution is -0.00263. The Bertz CT molecular complexity index is 420. The van der Waals surface area contributed by atoms with Gasteiger partial charge < -0.3 is 19.9 Å². The molecule has 6 nitrogen and oxygen atoms in total. The predicted octanol–water partition coefficient (Wildman–Crippen LogP) is 1.48. The maximum absolute atomic E-state index is 5.58. The van der Waals surface area contributed by atoms with Crippen molar-refractivity contribution in [3.05, 3.63) is 0 Å². The van der Waals surface area contributed by atoms with Crippen molar-refractivity contribution in [2.24, 2.45) is 4.99 Å². The molecule has 0 saturated carbocycles. The van der Waals surface area contributed by atoms with Gasteiger partial charge in [0.1, 0.15) is 0 Å². The topological polar surface area (TPSA) is 43.3 Å². The first-order chi connectivity index (χ1) is 12.0. The summed E-state index contributed by atoms with van der Waals surface area (Å²) in [5.74, 6) is 1.04. The van der Waals surface area contributed by atoms with Crippen LogP contribution in [0.3, 0.4) is 0 Å². The Hall–Kier alpha value is -0.850. The molecule has 0 aromatic carbocycles. The Morgan fingerprint density at radius 2 is 1.96 bits per heavy atom. The first-order valence-electron chi connectivity index (χ1n) is 10.0. The number of nitrogens with one attached hydrogen (secondary N) is 1. The lowest BCUT2D eigenvalue weighted by Crippen LogP contribution is -2.52. The van der Waals surface area contributed by atoms with Crippen molar-refractivity contribution in [3.8, 4) is 0 Å². The molecule has 2 rings (SSSR count). The van der Waals surface area contributed by atoms with Gasteiger partial charge in [0, 0.05) is 44.9 Å². The summed E-state index contributed by atoms with van der Waals surface area (Å²) in [6, 6.07) is 0.657. The molecule has 0 bridgehead atoms. The van der Waals surface area contributed by atoms with E-state index in [1.54, 1.807) is 0 Å². The van der Waals surface area contributed by atoms with E-state index < -0.39 is 0 Å². The first-order valence-corrected chi connectivity index (χ1v) is 10.0. The van der Waals surface area contributed by atoms with Crippen molar-refractivity contribution in [1.29, 1.82) is 0 Å². The summed E-state index contributed by atoms with van der Waals surface area (Å²) in [6.07, 6.45) is 4.73. The number of aliphatic imine (C=N–C) groups is 1. The van der Waals surface area contributed by atoms with Gasteiger partial charge in [0.15, 0.2) is 5.96 Å². The summed E-state index contributed by atoms with van der Waals surface area (Å²) in [5, 5.41) is 3.49. The zero-order chi connectivity index (χ0) is 18.3. The van der Waals surface area contributed by atoms with Gasteiger partial charge in [0.25, 0.3) is 0 Å². The van der Waals surface area contributed by atoms with E-state index in [0.717, 1.165) is 58.2 Å². The Balaban J connectivity index is 2.03. The highest BCUT2D eigenvalue weighted by atomic mass is 16.5.